The summed E-state index contributed by atoms with van der Waals surface area (Å²) < 4.78 is 11.5. The smallest absolute Gasteiger partial charge is 0.207 e. The average Bonchev–Trinajstić information content (AvgIpc) is 2.81. The average molecular weight is 328 g/mol. The fourth-order valence-electron chi connectivity index (χ4n) is 3.98. The third kappa shape index (κ3) is 2.36. The Morgan fingerprint density at radius 1 is 1.00 bits per heavy atom. The van der Waals surface area contributed by atoms with Crippen molar-refractivity contribution in [1.82, 2.24) is 0 Å². The molecule has 0 unspecified atom stereocenters. The summed E-state index contributed by atoms with van der Waals surface area (Å²) in [6.45, 7) is 4.11. The van der Waals surface area contributed by atoms with Crippen LogP contribution < -0.4 is 0 Å². The lowest BCUT2D eigenvalue weighted by Crippen LogP contribution is -2.58. The van der Waals surface area contributed by atoms with E-state index in [1.54, 1.807) is 0 Å². The molecular formula is C18H24N4O2. The molecule has 2 heterocycles. The predicted molar refractivity (Wildman–Crippen MR) is 86.3 cm³/mol. The highest BCUT2D eigenvalue weighted by molar-refractivity contribution is 5.88. The van der Waals surface area contributed by atoms with E-state index in [1.807, 2.05) is 6.92 Å². The van der Waals surface area contributed by atoms with Crippen LogP contribution in [0.2, 0.25) is 0 Å². The zero-order valence-corrected chi connectivity index (χ0v) is 14.3. The molecule has 0 spiro atoms. The van der Waals surface area contributed by atoms with Gasteiger partial charge in [-0.15, -0.1) is 0 Å². The largest absolute Gasteiger partial charge is 0.450 e. The number of rotatable bonds is 7. The molecule has 1 N–H and O–H groups in total. The summed E-state index contributed by atoms with van der Waals surface area (Å²) in [6.07, 6.45) is 4.26. The van der Waals surface area contributed by atoms with Gasteiger partial charge in [-0.1, -0.05) is 46.0 Å². The summed E-state index contributed by atoms with van der Waals surface area (Å²) in [7, 11) is 0. The number of hydrogen-bond donors (Lipinski definition) is 1. The molecule has 2 rings (SSSR count). The Morgan fingerprint density at radius 3 is 2.21 bits per heavy atom. The van der Waals surface area contributed by atoms with Gasteiger partial charge in [0, 0.05) is 0 Å². The Labute approximate surface area is 143 Å². The molecule has 0 aromatic carbocycles. The maximum Gasteiger partial charge on any atom is 0.207 e. The maximum absolute atomic E-state index is 9.97. The summed E-state index contributed by atoms with van der Waals surface area (Å²) in [4.78, 5) is 0. The van der Waals surface area contributed by atoms with Gasteiger partial charge in [0.1, 0.15) is 0 Å². The van der Waals surface area contributed by atoms with E-state index >= 15 is 0 Å². The molecule has 2 aliphatic heterocycles. The Kier molecular flexibility index (Phi) is 5.47. The first-order valence-corrected chi connectivity index (χ1v) is 8.72. The second-order valence-corrected chi connectivity index (χ2v) is 6.64. The van der Waals surface area contributed by atoms with Crippen molar-refractivity contribution in [1.29, 1.82) is 21.2 Å². The zero-order chi connectivity index (χ0) is 17.8. The summed E-state index contributed by atoms with van der Waals surface area (Å²) in [5, 5.41) is 38.0. The molecule has 0 saturated carbocycles. The fraction of sp³-hybridized carbons (Fsp3) is 0.778. The van der Waals surface area contributed by atoms with Crippen LogP contribution in [-0.2, 0) is 9.47 Å². The van der Waals surface area contributed by atoms with Gasteiger partial charge < -0.3 is 9.47 Å². The predicted octanol–water partition coefficient (Wildman–Crippen LogP) is 3.65. The lowest BCUT2D eigenvalue weighted by atomic mass is 9.54. The monoisotopic (exact) mass is 328 g/mol. The fourth-order valence-corrected chi connectivity index (χ4v) is 3.98. The van der Waals surface area contributed by atoms with E-state index in [0.29, 0.717) is 12.8 Å². The number of ether oxygens (including phenoxy) is 2. The SMILES string of the molecule is CCCCC[C@@H]1O[C@H]2OC(=N)[C@@](C#N)([C@@H]2CCCC)C1(C#N)C#N. The molecule has 4 atom stereocenters. The van der Waals surface area contributed by atoms with Crippen LogP contribution in [0.3, 0.4) is 0 Å². The Hall–Kier alpha value is -2.10. The summed E-state index contributed by atoms with van der Waals surface area (Å²) in [6, 6.07) is 6.30. The minimum Gasteiger partial charge on any atom is -0.450 e. The van der Waals surface area contributed by atoms with Crippen LogP contribution in [0.25, 0.3) is 0 Å². The Balaban J connectivity index is 2.48. The standard InChI is InChI=1S/C18H24N4O2/c1-3-5-7-9-14-17(10-19,11-20)18(12-21)13(8-6-4-2)15(23-14)24-16(18)22/h13-15,22H,3-9H2,1-2H3/t13-,14+,15+,18-/m1/s1. The normalized spacial score (nSPS) is 33.1. The zero-order valence-electron chi connectivity index (χ0n) is 14.3. The number of nitriles is 3. The minimum absolute atomic E-state index is 0.280. The van der Waals surface area contributed by atoms with Crippen LogP contribution in [0.15, 0.2) is 0 Å². The van der Waals surface area contributed by atoms with Gasteiger partial charge in [0.25, 0.3) is 0 Å². The van der Waals surface area contributed by atoms with Crippen molar-refractivity contribution in [2.45, 2.75) is 71.2 Å². The molecule has 6 nitrogen and oxygen atoms in total. The highest BCUT2D eigenvalue weighted by Gasteiger charge is 2.74. The van der Waals surface area contributed by atoms with Gasteiger partial charge in [-0.3, -0.25) is 5.41 Å². The molecule has 0 aromatic heterocycles. The van der Waals surface area contributed by atoms with Gasteiger partial charge >= 0.3 is 0 Å². The number of nitrogens with zero attached hydrogens (tertiary/aromatic N) is 3. The van der Waals surface area contributed by atoms with Crippen LogP contribution in [0, 0.1) is 56.2 Å². The van der Waals surface area contributed by atoms with Gasteiger partial charge in [-0.05, 0) is 12.8 Å². The van der Waals surface area contributed by atoms with Crippen molar-refractivity contribution in [3.05, 3.63) is 0 Å². The molecule has 2 bridgehead atoms. The molecule has 6 heteroatoms. The molecule has 0 amide bonds. The Bertz CT molecular complexity index is 598. The van der Waals surface area contributed by atoms with Crippen molar-refractivity contribution in [3.8, 4) is 18.2 Å². The van der Waals surface area contributed by atoms with Crippen LogP contribution in [0.5, 0.6) is 0 Å². The van der Waals surface area contributed by atoms with E-state index in [9.17, 15) is 15.8 Å². The van der Waals surface area contributed by atoms with Crippen molar-refractivity contribution >= 4 is 5.90 Å². The summed E-state index contributed by atoms with van der Waals surface area (Å²) in [5.41, 5.74) is -3.23. The molecule has 128 valence electrons. The second-order valence-electron chi connectivity index (χ2n) is 6.64. The number of unbranched alkanes of at least 4 members (excludes halogenated alkanes) is 3. The van der Waals surface area contributed by atoms with Crippen molar-refractivity contribution in [2.24, 2.45) is 16.7 Å². The highest BCUT2D eigenvalue weighted by Crippen LogP contribution is 2.60. The molecule has 24 heavy (non-hydrogen) atoms. The third-order valence-corrected chi connectivity index (χ3v) is 5.35. The van der Waals surface area contributed by atoms with Crippen LogP contribution in [-0.4, -0.2) is 18.3 Å². The van der Waals surface area contributed by atoms with Gasteiger partial charge in [-0.25, -0.2) is 0 Å². The molecule has 2 saturated heterocycles. The molecule has 0 aliphatic carbocycles. The van der Waals surface area contributed by atoms with Crippen molar-refractivity contribution in [2.75, 3.05) is 0 Å². The maximum atomic E-state index is 9.97. The first-order valence-electron chi connectivity index (χ1n) is 8.72. The van der Waals surface area contributed by atoms with Gasteiger partial charge in [0.15, 0.2) is 10.8 Å². The second kappa shape index (κ2) is 7.20. The topological polar surface area (TPSA) is 114 Å². The van der Waals surface area contributed by atoms with Crippen LogP contribution >= 0.6 is 0 Å². The molecule has 0 radical (unpaired) electrons. The van der Waals surface area contributed by atoms with E-state index in [1.165, 1.54) is 0 Å². The first-order chi connectivity index (χ1) is 11.6. The molecule has 0 aromatic rings. The summed E-state index contributed by atoms with van der Waals surface area (Å²) in [5.74, 6) is -0.728. The lowest BCUT2D eigenvalue weighted by Gasteiger charge is -2.45. The van der Waals surface area contributed by atoms with Gasteiger partial charge in [0.2, 0.25) is 12.2 Å². The van der Waals surface area contributed by atoms with Gasteiger partial charge in [0.05, 0.1) is 30.2 Å². The van der Waals surface area contributed by atoms with E-state index in [0.717, 1.165) is 32.1 Å². The first kappa shape index (κ1) is 18.2. The minimum atomic E-state index is -1.70. The van der Waals surface area contributed by atoms with Crippen molar-refractivity contribution in [3.63, 3.8) is 0 Å². The van der Waals surface area contributed by atoms with E-state index in [2.05, 4.69) is 25.1 Å². The van der Waals surface area contributed by atoms with E-state index in [-0.39, 0.29) is 5.90 Å². The highest BCUT2D eigenvalue weighted by atomic mass is 16.7. The quantitative estimate of drug-likeness (QED) is 0.716. The molecular weight excluding hydrogens is 304 g/mol. The number of nitrogens with one attached hydrogen (secondary N) is 1. The third-order valence-electron chi connectivity index (χ3n) is 5.35. The lowest BCUT2D eigenvalue weighted by molar-refractivity contribution is -0.203. The van der Waals surface area contributed by atoms with E-state index < -0.39 is 29.1 Å². The van der Waals surface area contributed by atoms with E-state index in [4.69, 9.17) is 14.9 Å². The summed E-state index contributed by atoms with van der Waals surface area (Å²) >= 11 is 0. The molecule has 2 aliphatic rings. The van der Waals surface area contributed by atoms with Gasteiger partial charge in [-0.2, -0.15) is 15.8 Å². The molecule has 2 fully saturated rings. The number of hydrogen-bond acceptors (Lipinski definition) is 6. The van der Waals surface area contributed by atoms with Crippen molar-refractivity contribution < 1.29 is 9.47 Å². The Morgan fingerprint density at radius 2 is 1.67 bits per heavy atom. The van der Waals surface area contributed by atoms with Crippen LogP contribution in [0.1, 0.15) is 58.8 Å². The van der Waals surface area contributed by atoms with Crippen LogP contribution in [0.4, 0.5) is 0 Å². The number of fused-ring (bicyclic) bond motifs is 2.